The van der Waals surface area contributed by atoms with Crippen LogP contribution in [0.15, 0.2) is 42.5 Å². The molecule has 0 N–H and O–H groups in total. The van der Waals surface area contributed by atoms with Crippen molar-refractivity contribution in [3.05, 3.63) is 48.0 Å². The maximum Gasteiger partial charge on any atom is 0.340 e. The Bertz CT molecular complexity index is 481. The highest BCUT2D eigenvalue weighted by Crippen LogP contribution is 2.24. The van der Waals surface area contributed by atoms with Crippen molar-refractivity contribution in [1.29, 1.82) is 0 Å². The first-order chi connectivity index (χ1) is 9.76. The monoisotopic (exact) mass is 274 g/mol. The predicted molar refractivity (Wildman–Crippen MR) is 74.0 cm³/mol. The van der Waals surface area contributed by atoms with Gasteiger partial charge < -0.3 is 14.3 Å². The second-order valence-corrected chi connectivity index (χ2v) is 4.73. The van der Waals surface area contributed by atoms with Crippen molar-refractivity contribution < 1.29 is 19.1 Å². The standard InChI is InChI=1S/C16H18O4/c1-19-15(12-7-3-2-4-8-12)16(18)20-14-10-6-5-9-13(14)11-17/h2-4,6-8,10-11,13-15H,5,9H2,1H3/t13-,14-,15+/m1/s1. The fourth-order valence-electron chi connectivity index (χ4n) is 2.29. The van der Waals surface area contributed by atoms with Gasteiger partial charge >= 0.3 is 5.97 Å². The Morgan fingerprint density at radius 2 is 2.10 bits per heavy atom. The molecule has 0 bridgehead atoms. The molecule has 0 radical (unpaired) electrons. The van der Waals surface area contributed by atoms with E-state index in [9.17, 15) is 9.59 Å². The van der Waals surface area contributed by atoms with Crippen LogP contribution in [0.3, 0.4) is 0 Å². The van der Waals surface area contributed by atoms with Gasteiger partial charge in [0.15, 0.2) is 6.10 Å². The van der Waals surface area contributed by atoms with Crippen LogP contribution in [0.25, 0.3) is 0 Å². The lowest BCUT2D eigenvalue weighted by Crippen LogP contribution is -2.31. The SMILES string of the molecule is CO[C@H](C(=O)O[C@@H]1C=CCC[C@@H]1C=O)c1ccccc1. The van der Waals surface area contributed by atoms with Crippen molar-refractivity contribution in [2.75, 3.05) is 7.11 Å². The first-order valence-corrected chi connectivity index (χ1v) is 6.66. The van der Waals surface area contributed by atoms with Crippen LogP contribution in [-0.4, -0.2) is 25.5 Å². The summed E-state index contributed by atoms with van der Waals surface area (Å²) in [4.78, 5) is 23.2. The largest absolute Gasteiger partial charge is 0.455 e. The zero-order chi connectivity index (χ0) is 14.4. The van der Waals surface area contributed by atoms with Crippen molar-refractivity contribution in [3.8, 4) is 0 Å². The molecular weight excluding hydrogens is 256 g/mol. The predicted octanol–water partition coefficient (Wildman–Crippen LogP) is 2.45. The minimum absolute atomic E-state index is 0.266. The van der Waals surface area contributed by atoms with E-state index in [1.807, 2.05) is 36.4 Å². The van der Waals surface area contributed by atoms with Crippen molar-refractivity contribution in [2.45, 2.75) is 25.0 Å². The number of rotatable bonds is 5. The lowest BCUT2D eigenvalue weighted by Gasteiger charge is -2.25. The number of methoxy groups -OCH3 is 1. The molecule has 20 heavy (non-hydrogen) atoms. The molecule has 3 atom stereocenters. The molecule has 0 saturated heterocycles. The molecule has 0 fully saturated rings. The van der Waals surface area contributed by atoms with Crippen molar-refractivity contribution in [3.63, 3.8) is 0 Å². The number of benzene rings is 1. The first-order valence-electron chi connectivity index (χ1n) is 6.66. The van der Waals surface area contributed by atoms with E-state index in [2.05, 4.69) is 0 Å². The summed E-state index contributed by atoms with van der Waals surface area (Å²) >= 11 is 0. The molecule has 0 unspecified atom stereocenters. The third kappa shape index (κ3) is 3.33. The second kappa shape index (κ2) is 7.01. The number of aldehydes is 1. The van der Waals surface area contributed by atoms with Crippen LogP contribution in [0.2, 0.25) is 0 Å². The van der Waals surface area contributed by atoms with E-state index in [0.717, 1.165) is 18.3 Å². The van der Waals surface area contributed by atoms with E-state index >= 15 is 0 Å². The molecule has 0 heterocycles. The lowest BCUT2D eigenvalue weighted by atomic mass is 9.93. The highest BCUT2D eigenvalue weighted by molar-refractivity contribution is 5.77. The quantitative estimate of drug-likeness (QED) is 0.470. The molecule has 2 rings (SSSR count). The number of allylic oxidation sites excluding steroid dienone is 1. The molecule has 0 aromatic heterocycles. The molecule has 4 heteroatoms. The number of esters is 1. The third-order valence-corrected chi connectivity index (χ3v) is 3.39. The molecule has 0 aliphatic heterocycles. The van der Waals surface area contributed by atoms with Gasteiger partial charge in [-0.3, -0.25) is 0 Å². The van der Waals surface area contributed by atoms with E-state index in [1.165, 1.54) is 7.11 Å². The van der Waals surface area contributed by atoms with Crippen molar-refractivity contribution in [2.24, 2.45) is 5.92 Å². The Balaban J connectivity index is 2.08. The van der Waals surface area contributed by atoms with Crippen molar-refractivity contribution in [1.82, 2.24) is 0 Å². The van der Waals surface area contributed by atoms with E-state index in [0.29, 0.717) is 6.42 Å². The van der Waals surface area contributed by atoms with Gasteiger partial charge in [0.25, 0.3) is 0 Å². The topological polar surface area (TPSA) is 52.6 Å². The minimum Gasteiger partial charge on any atom is -0.455 e. The Hall–Kier alpha value is -1.94. The summed E-state index contributed by atoms with van der Waals surface area (Å²) in [5.74, 6) is -0.737. The molecule has 0 amide bonds. The average Bonchev–Trinajstić information content (AvgIpc) is 2.49. The average molecular weight is 274 g/mol. The molecule has 1 aliphatic rings. The van der Waals surface area contributed by atoms with E-state index in [1.54, 1.807) is 6.08 Å². The van der Waals surface area contributed by atoms with Crippen molar-refractivity contribution >= 4 is 12.3 Å². The normalized spacial score (nSPS) is 23.1. The smallest absolute Gasteiger partial charge is 0.340 e. The van der Waals surface area contributed by atoms with Gasteiger partial charge in [0.05, 0.1) is 5.92 Å². The summed E-state index contributed by atoms with van der Waals surface area (Å²) in [5.41, 5.74) is 0.738. The highest BCUT2D eigenvalue weighted by atomic mass is 16.6. The first kappa shape index (κ1) is 14.5. The zero-order valence-corrected chi connectivity index (χ0v) is 11.4. The number of carbonyl (C=O) groups excluding carboxylic acids is 2. The fourth-order valence-corrected chi connectivity index (χ4v) is 2.29. The van der Waals surface area contributed by atoms with Gasteiger partial charge in [-0.05, 0) is 24.5 Å². The Labute approximate surface area is 118 Å². The summed E-state index contributed by atoms with van der Waals surface area (Å²) in [6.45, 7) is 0. The van der Waals surface area contributed by atoms with Gasteiger partial charge in [-0.25, -0.2) is 4.79 Å². The van der Waals surface area contributed by atoms with Crippen LogP contribution in [0, 0.1) is 5.92 Å². The number of ether oxygens (including phenoxy) is 2. The van der Waals surface area contributed by atoms with Gasteiger partial charge in [-0.1, -0.05) is 36.4 Å². The Morgan fingerprint density at radius 1 is 1.35 bits per heavy atom. The molecule has 1 aromatic carbocycles. The lowest BCUT2D eigenvalue weighted by molar-refractivity contribution is -0.162. The van der Waals surface area contributed by atoms with Gasteiger partial charge in [-0.2, -0.15) is 0 Å². The van der Waals surface area contributed by atoms with Crippen LogP contribution in [-0.2, 0) is 19.1 Å². The van der Waals surface area contributed by atoms with Gasteiger partial charge in [-0.15, -0.1) is 0 Å². The van der Waals surface area contributed by atoms with Gasteiger partial charge in [0, 0.05) is 7.11 Å². The van der Waals surface area contributed by atoms with Crippen LogP contribution in [0.1, 0.15) is 24.5 Å². The number of carbonyl (C=O) groups is 2. The summed E-state index contributed by atoms with van der Waals surface area (Å²) in [5, 5.41) is 0. The van der Waals surface area contributed by atoms with Gasteiger partial charge in [0.1, 0.15) is 12.4 Å². The molecule has 1 aromatic rings. The Morgan fingerprint density at radius 3 is 2.75 bits per heavy atom. The molecular formula is C16H18O4. The molecule has 4 nitrogen and oxygen atoms in total. The maximum absolute atomic E-state index is 12.2. The molecule has 0 spiro atoms. The van der Waals surface area contributed by atoms with Gasteiger partial charge in [0.2, 0.25) is 0 Å². The highest BCUT2D eigenvalue weighted by Gasteiger charge is 2.29. The molecule has 1 aliphatic carbocycles. The number of hydrogen-bond donors (Lipinski definition) is 0. The Kier molecular flexibility index (Phi) is 5.07. The molecule has 0 saturated carbocycles. The zero-order valence-electron chi connectivity index (χ0n) is 11.4. The summed E-state index contributed by atoms with van der Waals surface area (Å²) in [6, 6.07) is 9.16. The van der Waals surface area contributed by atoms with Crippen LogP contribution >= 0.6 is 0 Å². The fraction of sp³-hybridized carbons (Fsp3) is 0.375. The summed E-state index contributed by atoms with van der Waals surface area (Å²) < 4.78 is 10.6. The van der Waals surface area contributed by atoms with Crippen LogP contribution in [0.5, 0.6) is 0 Å². The maximum atomic E-state index is 12.2. The van der Waals surface area contributed by atoms with Crippen LogP contribution in [0.4, 0.5) is 0 Å². The third-order valence-electron chi connectivity index (χ3n) is 3.39. The minimum atomic E-state index is -0.765. The second-order valence-electron chi connectivity index (χ2n) is 4.73. The van der Waals surface area contributed by atoms with E-state index in [-0.39, 0.29) is 5.92 Å². The van der Waals surface area contributed by atoms with E-state index in [4.69, 9.17) is 9.47 Å². The molecule has 106 valence electrons. The summed E-state index contributed by atoms with van der Waals surface area (Å²) in [6.07, 6.45) is 4.85. The van der Waals surface area contributed by atoms with Crippen LogP contribution < -0.4 is 0 Å². The number of hydrogen-bond acceptors (Lipinski definition) is 4. The van der Waals surface area contributed by atoms with E-state index < -0.39 is 18.2 Å². The summed E-state index contributed by atoms with van der Waals surface area (Å²) in [7, 11) is 1.47.